The number of anilines is 1. The van der Waals surface area contributed by atoms with Crippen LogP contribution in [0, 0.1) is 3.57 Å². The molecule has 8 nitrogen and oxygen atoms in total. The summed E-state index contributed by atoms with van der Waals surface area (Å²) in [7, 11) is 0. The van der Waals surface area contributed by atoms with Gasteiger partial charge in [-0.1, -0.05) is 12.1 Å². The van der Waals surface area contributed by atoms with Crippen LogP contribution in [-0.4, -0.2) is 72.5 Å². The summed E-state index contributed by atoms with van der Waals surface area (Å²) in [6.07, 6.45) is 3.50. The van der Waals surface area contributed by atoms with E-state index >= 15 is 0 Å². The van der Waals surface area contributed by atoms with Crippen molar-refractivity contribution >= 4 is 40.4 Å². The van der Waals surface area contributed by atoms with Crippen LogP contribution in [0.25, 0.3) is 0 Å². The van der Waals surface area contributed by atoms with Crippen LogP contribution in [-0.2, 0) is 4.79 Å². The van der Waals surface area contributed by atoms with E-state index in [1.807, 2.05) is 18.2 Å². The van der Waals surface area contributed by atoms with E-state index in [1.54, 1.807) is 24.5 Å². The van der Waals surface area contributed by atoms with Crippen molar-refractivity contribution in [2.75, 3.05) is 50.7 Å². The van der Waals surface area contributed by atoms with Crippen LogP contribution in [0.5, 0.6) is 0 Å². The third-order valence-corrected chi connectivity index (χ3v) is 5.43. The summed E-state index contributed by atoms with van der Waals surface area (Å²) >= 11 is 2.11. The Kier molecular flexibility index (Phi) is 7.54. The maximum absolute atomic E-state index is 12.1. The van der Waals surface area contributed by atoms with Crippen LogP contribution in [0.2, 0.25) is 0 Å². The van der Waals surface area contributed by atoms with Crippen LogP contribution >= 0.6 is 22.6 Å². The normalized spacial score (nSPS) is 14.5. The van der Waals surface area contributed by atoms with Crippen molar-refractivity contribution in [1.82, 2.24) is 25.5 Å². The number of benzene rings is 1. The summed E-state index contributed by atoms with van der Waals surface area (Å²) in [6.45, 7) is 4.84. The lowest BCUT2D eigenvalue weighted by Crippen LogP contribution is -2.49. The van der Waals surface area contributed by atoms with Gasteiger partial charge in [0.1, 0.15) is 0 Å². The fourth-order valence-corrected chi connectivity index (χ4v) is 3.58. The van der Waals surface area contributed by atoms with Gasteiger partial charge < -0.3 is 15.5 Å². The number of hydrogen-bond donors (Lipinski definition) is 2. The molecule has 1 aliphatic rings. The molecule has 0 unspecified atom stereocenters. The van der Waals surface area contributed by atoms with Gasteiger partial charge in [-0.2, -0.15) is 0 Å². The van der Waals surface area contributed by atoms with E-state index in [0.717, 1.165) is 42.2 Å². The molecule has 1 aromatic heterocycles. The van der Waals surface area contributed by atoms with E-state index in [4.69, 9.17) is 0 Å². The second-order valence-electron chi connectivity index (χ2n) is 6.39. The molecule has 3 rings (SSSR count). The van der Waals surface area contributed by atoms with E-state index in [2.05, 4.69) is 53.0 Å². The number of piperazine rings is 1. The largest absolute Gasteiger partial charge is 0.353 e. The Hall–Kier alpha value is -2.27. The van der Waals surface area contributed by atoms with Gasteiger partial charge in [-0.15, -0.1) is 0 Å². The number of aromatic nitrogens is 2. The molecule has 0 saturated carbocycles. The SMILES string of the molecule is O=C(CNC(=O)c1ccccc1I)NCCN1CCN(c2ncccn2)CC1. The molecule has 1 fully saturated rings. The molecule has 148 valence electrons. The monoisotopic (exact) mass is 494 g/mol. The zero-order valence-electron chi connectivity index (χ0n) is 15.5. The molecule has 2 amide bonds. The van der Waals surface area contributed by atoms with Gasteiger partial charge in [-0.25, -0.2) is 9.97 Å². The number of carbonyl (C=O) groups is 2. The van der Waals surface area contributed by atoms with Gasteiger partial charge >= 0.3 is 0 Å². The van der Waals surface area contributed by atoms with E-state index in [0.29, 0.717) is 12.1 Å². The Balaban J connectivity index is 1.32. The molecule has 1 saturated heterocycles. The van der Waals surface area contributed by atoms with Crippen molar-refractivity contribution in [2.45, 2.75) is 0 Å². The minimum absolute atomic E-state index is 0.0249. The zero-order chi connectivity index (χ0) is 19.8. The Morgan fingerprint density at radius 1 is 1.00 bits per heavy atom. The van der Waals surface area contributed by atoms with Crippen LogP contribution < -0.4 is 15.5 Å². The second kappa shape index (κ2) is 10.3. The molecule has 0 aliphatic carbocycles. The second-order valence-corrected chi connectivity index (χ2v) is 7.55. The Morgan fingerprint density at radius 3 is 2.43 bits per heavy atom. The third-order valence-electron chi connectivity index (χ3n) is 4.49. The third kappa shape index (κ3) is 5.86. The summed E-state index contributed by atoms with van der Waals surface area (Å²) in [5, 5.41) is 5.52. The summed E-state index contributed by atoms with van der Waals surface area (Å²) < 4.78 is 0.859. The number of amides is 2. The molecule has 1 aliphatic heterocycles. The van der Waals surface area contributed by atoms with E-state index < -0.39 is 0 Å². The maximum atomic E-state index is 12.1. The van der Waals surface area contributed by atoms with Gasteiger partial charge in [0.25, 0.3) is 5.91 Å². The minimum atomic E-state index is -0.237. The smallest absolute Gasteiger partial charge is 0.252 e. The molecule has 0 atom stereocenters. The zero-order valence-corrected chi connectivity index (χ0v) is 17.6. The molecule has 9 heteroatoms. The van der Waals surface area contributed by atoms with Gasteiger partial charge in [0, 0.05) is 55.2 Å². The van der Waals surface area contributed by atoms with Crippen LogP contribution in [0.4, 0.5) is 5.95 Å². The Bertz CT molecular complexity index is 796. The average molecular weight is 494 g/mol. The molecule has 0 spiro atoms. The number of nitrogens with one attached hydrogen (secondary N) is 2. The van der Waals surface area contributed by atoms with Gasteiger partial charge in [0.15, 0.2) is 0 Å². The van der Waals surface area contributed by atoms with Gasteiger partial charge in [0.05, 0.1) is 12.1 Å². The molecule has 28 heavy (non-hydrogen) atoms. The number of nitrogens with zero attached hydrogens (tertiary/aromatic N) is 4. The van der Waals surface area contributed by atoms with Crippen LogP contribution in [0.3, 0.4) is 0 Å². The summed E-state index contributed by atoms with van der Waals surface area (Å²) in [5.74, 6) is 0.342. The number of halogens is 1. The van der Waals surface area contributed by atoms with Gasteiger partial charge in [-0.3, -0.25) is 14.5 Å². The highest BCUT2D eigenvalue weighted by molar-refractivity contribution is 14.1. The molecule has 1 aromatic carbocycles. The van der Waals surface area contributed by atoms with Crippen molar-refractivity contribution in [3.05, 3.63) is 51.9 Å². The quantitative estimate of drug-likeness (QED) is 0.553. The number of rotatable bonds is 7. The summed E-state index contributed by atoms with van der Waals surface area (Å²) in [6, 6.07) is 9.10. The molecule has 2 heterocycles. The number of carbonyl (C=O) groups excluding carboxylic acids is 2. The van der Waals surface area contributed by atoms with Crippen molar-refractivity contribution < 1.29 is 9.59 Å². The van der Waals surface area contributed by atoms with Crippen LogP contribution in [0.1, 0.15) is 10.4 Å². The first-order chi connectivity index (χ1) is 13.6. The highest BCUT2D eigenvalue weighted by atomic mass is 127. The summed E-state index contributed by atoms with van der Waals surface area (Å²) in [5.41, 5.74) is 0.580. The first-order valence-electron chi connectivity index (χ1n) is 9.17. The molecule has 0 bridgehead atoms. The van der Waals surface area contributed by atoms with E-state index in [1.165, 1.54) is 0 Å². The van der Waals surface area contributed by atoms with Crippen molar-refractivity contribution in [3.63, 3.8) is 0 Å². The van der Waals surface area contributed by atoms with Crippen molar-refractivity contribution in [2.24, 2.45) is 0 Å². The molecule has 0 radical (unpaired) electrons. The van der Waals surface area contributed by atoms with Crippen molar-refractivity contribution in [1.29, 1.82) is 0 Å². The summed E-state index contributed by atoms with van der Waals surface area (Å²) in [4.78, 5) is 37.1. The minimum Gasteiger partial charge on any atom is -0.353 e. The lowest BCUT2D eigenvalue weighted by atomic mass is 10.2. The lowest BCUT2D eigenvalue weighted by Gasteiger charge is -2.34. The van der Waals surface area contributed by atoms with Crippen molar-refractivity contribution in [3.8, 4) is 0 Å². The average Bonchev–Trinajstić information content (AvgIpc) is 2.73. The van der Waals surface area contributed by atoms with E-state index in [-0.39, 0.29) is 18.4 Å². The standard InChI is InChI=1S/C19H23IN6O2/c20-16-5-2-1-4-15(16)18(28)24-14-17(27)21-8-9-25-10-12-26(13-11-25)19-22-6-3-7-23-19/h1-7H,8-14H2,(H,21,27)(H,24,28). The predicted molar refractivity (Wildman–Crippen MR) is 115 cm³/mol. The van der Waals surface area contributed by atoms with Gasteiger partial charge in [-0.05, 0) is 40.8 Å². The Labute approximate surface area is 177 Å². The molecule has 2 N–H and O–H groups in total. The lowest BCUT2D eigenvalue weighted by molar-refractivity contribution is -0.120. The molecular weight excluding hydrogens is 471 g/mol. The number of hydrogen-bond acceptors (Lipinski definition) is 6. The maximum Gasteiger partial charge on any atom is 0.252 e. The highest BCUT2D eigenvalue weighted by Crippen LogP contribution is 2.11. The van der Waals surface area contributed by atoms with E-state index in [9.17, 15) is 9.59 Å². The molecule has 2 aromatic rings. The predicted octanol–water partition coefficient (Wildman–Crippen LogP) is 0.749. The fourth-order valence-electron chi connectivity index (χ4n) is 2.94. The first kappa shape index (κ1) is 20.5. The van der Waals surface area contributed by atoms with Gasteiger partial charge in [0.2, 0.25) is 11.9 Å². The molecular formula is C19H23IN6O2. The Morgan fingerprint density at radius 2 is 1.71 bits per heavy atom. The fraction of sp³-hybridized carbons (Fsp3) is 0.368. The topological polar surface area (TPSA) is 90.5 Å². The highest BCUT2D eigenvalue weighted by Gasteiger charge is 2.18. The first-order valence-corrected chi connectivity index (χ1v) is 10.2. The van der Waals surface area contributed by atoms with Crippen LogP contribution in [0.15, 0.2) is 42.7 Å².